The summed E-state index contributed by atoms with van der Waals surface area (Å²) in [5, 5.41) is 5.43. The van der Waals surface area contributed by atoms with Gasteiger partial charge in [-0.15, -0.1) is 0 Å². The molecular weight excluding hydrogens is 176 g/mol. The van der Waals surface area contributed by atoms with Crippen LogP contribution in [0.15, 0.2) is 10.5 Å². The molecule has 0 saturated carbocycles. The highest BCUT2D eigenvalue weighted by Crippen LogP contribution is 2.05. The molecule has 1 heterocycles. The average molecular weight is 184 g/mol. The molecule has 1 rings (SSSR count). The summed E-state index contributed by atoms with van der Waals surface area (Å²) in [6, 6.07) is -0.674. The Morgan fingerprint density at radius 3 is 3.17 bits per heavy atom. The highest BCUT2D eigenvalue weighted by Gasteiger charge is 1.95. The second-order valence-corrected chi connectivity index (χ2v) is 2.72. The van der Waals surface area contributed by atoms with Crippen molar-refractivity contribution < 1.29 is 4.79 Å². The zero-order valence-electron chi connectivity index (χ0n) is 6.44. The van der Waals surface area contributed by atoms with E-state index in [4.69, 9.17) is 5.73 Å². The first kappa shape index (κ1) is 8.66. The summed E-state index contributed by atoms with van der Waals surface area (Å²) < 4.78 is 4.02. The Kier molecular flexibility index (Phi) is 2.76. The standard InChI is InChI=1S/C6H8N4OS/c1-4-5(3-12-10-4)2-8-9-6(7)11/h2-3H,1H3,(H3,7,9,11)/b8-2+. The molecule has 6 heteroatoms. The van der Waals surface area contributed by atoms with Crippen molar-refractivity contribution in [3.8, 4) is 0 Å². The Bertz CT molecular complexity index is 306. The van der Waals surface area contributed by atoms with Gasteiger partial charge in [-0.1, -0.05) is 0 Å². The van der Waals surface area contributed by atoms with E-state index in [2.05, 4.69) is 14.9 Å². The lowest BCUT2D eigenvalue weighted by molar-refractivity contribution is 0.249. The fraction of sp³-hybridized carbons (Fsp3) is 0.167. The number of amides is 2. The molecule has 0 radical (unpaired) electrons. The first-order valence-electron chi connectivity index (χ1n) is 3.19. The quantitative estimate of drug-likeness (QED) is 0.517. The predicted molar refractivity (Wildman–Crippen MR) is 47.2 cm³/mol. The molecule has 12 heavy (non-hydrogen) atoms. The summed E-state index contributed by atoms with van der Waals surface area (Å²) in [6.45, 7) is 1.86. The highest BCUT2D eigenvalue weighted by atomic mass is 32.1. The Hall–Kier alpha value is -1.43. The van der Waals surface area contributed by atoms with Crippen molar-refractivity contribution in [1.82, 2.24) is 9.80 Å². The third-order valence-electron chi connectivity index (χ3n) is 1.17. The molecule has 64 valence electrons. The molecule has 0 aliphatic heterocycles. The van der Waals surface area contributed by atoms with E-state index in [1.807, 2.05) is 12.3 Å². The summed E-state index contributed by atoms with van der Waals surface area (Å²) in [5.74, 6) is 0. The fourth-order valence-electron chi connectivity index (χ4n) is 0.589. The lowest BCUT2D eigenvalue weighted by Gasteiger charge is -1.89. The van der Waals surface area contributed by atoms with Crippen molar-refractivity contribution in [2.24, 2.45) is 10.8 Å². The van der Waals surface area contributed by atoms with Gasteiger partial charge in [-0.25, -0.2) is 10.2 Å². The summed E-state index contributed by atoms with van der Waals surface area (Å²) in [6.07, 6.45) is 1.50. The van der Waals surface area contributed by atoms with Gasteiger partial charge in [0, 0.05) is 10.9 Å². The molecule has 3 N–H and O–H groups in total. The normalized spacial score (nSPS) is 10.4. The maximum absolute atomic E-state index is 10.2. The van der Waals surface area contributed by atoms with E-state index >= 15 is 0 Å². The van der Waals surface area contributed by atoms with Gasteiger partial charge in [0.05, 0.1) is 11.9 Å². The molecule has 0 fully saturated rings. The SMILES string of the molecule is Cc1nscc1/C=N/NC(N)=O. The molecule has 0 spiro atoms. The largest absolute Gasteiger partial charge is 0.350 e. The lowest BCUT2D eigenvalue weighted by Crippen LogP contribution is -2.24. The van der Waals surface area contributed by atoms with E-state index < -0.39 is 6.03 Å². The molecule has 1 aromatic rings. The van der Waals surface area contributed by atoms with Crippen LogP contribution in [0.5, 0.6) is 0 Å². The van der Waals surface area contributed by atoms with Gasteiger partial charge >= 0.3 is 6.03 Å². The molecule has 2 amide bonds. The minimum absolute atomic E-state index is 0.674. The maximum Gasteiger partial charge on any atom is 0.332 e. The molecule has 0 aromatic carbocycles. The number of rotatable bonds is 2. The van der Waals surface area contributed by atoms with E-state index in [9.17, 15) is 4.79 Å². The van der Waals surface area contributed by atoms with E-state index in [0.29, 0.717) is 0 Å². The van der Waals surface area contributed by atoms with Gasteiger partial charge < -0.3 is 5.73 Å². The van der Waals surface area contributed by atoms with Crippen LogP contribution in [0.3, 0.4) is 0 Å². The van der Waals surface area contributed by atoms with Crippen LogP contribution in [-0.2, 0) is 0 Å². The van der Waals surface area contributed by atoms with Crippen molar-refractivity contribution in [2.75, 3.05) is 0 Å². The van der Waals surface area contributed by atoms with E-state index in [1.165, 1.54) is 17.7 Å². The minimum Gasteiger partial charge on any atom is -0.350 e. The molecule has 0 atom stereocenters. The van der Waals surface area contributed by atoms with Crippen LogP contribution in [0.1, 0.15) is 11.3 Å². The molecule has 5 nitrogen and oxygen atoms in total. The first-order valence-corrected chi connectivity index (χ1v) is 4.03. The van der Waals surface area contributed by atoms with E-state index in [1.54, 1.807) is 0 Å². The monoisotopic (exact) mass is 184 g/mol. The molecule has 0 unspecified atom stereocenters. The van der Waals surface area contributed by atoms with Gasteiger partial charge in [-0.2, -0.15) is 9.47 Å². The number of aryl methyl sites for hydroxylation is 1. The van der Waals surface area contributed by atoms with Crippen LogP contribution in [0.2, 0.25) is 0 Å². The van der Waals surface area contributed by atoms with Crippen LogP contribution in [0.25, 0.3) is 0 Å². The molecule has 1 aromatic heterocycles. The number of aromatic nitrogens is 1. The van der Waals surface area contributed by atoms with E-state index in [0.717, 1.165) is 11.3 Å². The van der Waals surface area contributed by atoms with Crippen molar-refractivity contribution in [2.45, 2.75) is 6.92 Å². The van der Waals surface area contributed by atoms with Gasteiger partial charge in [0.2, 0.25) is 0 Å². The zero-order valence-corrected chi connectivity index (χ0v) is 7.26. The van der Waals surface area contributed by atoms with Crippen molar-refractivity contribution >= 4 is 23.8 Å². The van der Waals surface area contributed by atoms with Crippen LogP contribution in [-0.4, -0.2) is 16.6 Å². The third kappa shape index (κ3) is 2.31. The van der Waals surface area contributed by atoms with Gasteiger partial charge in [0.25, 0.3) is 0 Å². The fourth-order valence-corrected chi connectivity index (χ4v) is 1.25. The van der Waals surface area contributed by atoms with Crippen molar-refractivity contribution in [3.63, 3.8) is 0 Å². The number of carbonyl (C=O) groups is 1. The number of nitrogens with zero attached hydrogens (tertiary/aromatic N) is 2. The summed E-state index contributed by atoms with van der Waals surface area (Å²) in [7, 11) is 0. The summed E-state index contributed by atoms with van der Waals surface area (Å²) >= 11 is 1.34. The number of urea groups is 1. The van der Waals surface area contributed by atoms with Gasteiger partial charge in [0.15, 0.2) is 0 Å². The van der Waals surface area contributed by atoms with Gasteiger partial charge in [-0.3, -0.25) is 0 Å². The van der Waals surface area contributed by atoms with Gasteiger partial charge in [-0.05, 0) is 18.5 Å². The second kappa shape index (κ2) is 3.82. The molecule has 0 aliphatic rings. The Morgan fingerprint density at radius 1 is 1.92 bits per heavy atom. The van der Waals surface area contributed by atoms with Crippen molar-refractivity contribution in [1.29, 1.82) is 0 Å². The lowest BCUT2D eigenvalue weighted by atomic mass is 10.3. The average Bonchev–Trinajstić information content (AvgIpc) is 2.36. The Morgan fingerprint density at radius 2 is 2.67 bits per heavy atom. The molecule has 0 aliphatic carbocycles. The second-order valence-electron chi connectivity index (χ2n) is 2.09. The predicted octanol–water partition coefficient (Wildman–Crippen LogP) is 0.454. The molecule has 0 saturated heterocycles. The van der Waals surface area contributed by atoms with Crippen LogP contribution in [0.4, 0.5) is 4.79 Å². The minimum atomic E-state index is -0.674. The van der Waals surface area contributed by atoms with E-state index in [-0.39, 0.29) is 0 Å². The van der Waals surface area contributed by atoms with Crippen LogP contribution >= 0.6 is 11.5 Å². The number of hydrogen-bond acceptors (Lipinski definition) is 4. The zero-order chi connectivity index (χ0) is 8.97. The van der Waals surface area contributed by atoms with Crippen LogP contribution in [0, 0.1) is 6.92 Å². The van der Waals surface area contributed by atoms with Crippen molar-refractivity contribution in [3.05, 3.63) is 16.6 Å². The topological polar surface area (TPSA) is 80.4 Å². The highest BCUT2D eigenvalue weighted by molar-refractivity contribution is 7.03. The molecule has 0 bridgehead atoms. The summed E-state index contributed by atoms with van der Waals surface area (Å²) in [5.41, 5.74) is 8.66. The number of hydrazone groups is 1. The van der Waals surface area contributed by atoms with Gasteiger partial charge in [0.1, 0.15) is 0 Å². The Labute approximate surface area is 73.4 Å². The number of primary amides is 1. The molecular formula is C6H8N4OS. The first-order chi connectivity index (χ1) is 5.70. The smallest absolute Gasteiger partial charge is 0.332 e. The number of hydrogen-bond donors (Lipinski definition) is 2. The number of carbonyl (C=O) groups excluding carboxylic acids is 1. The number of nitrogens with one attached hydrogen (secondary N) is 1. The van der Waals surface area contributed by atoms with Crippen LogP contribution < -0.4 is 11.2 Å². The summed E-state index contributed by atoms with van der Waals surface area (Å²) in [4.78, 5) is 10.2. The maximum atomic E-state index is 10.2. The Balaban J connectivity index is 2.57. The third-order valence-corrected chi connectivity index (χ3v) is 1.90. The number of nitrogens with two attached hydrogens (primary N) is 1.